The maximum atomic E-state index is 14.8. The molecule has 32 heavy (non-hydrogen) atoms. The van der Waals surface area contributed by atoms with Crippen LogP contribution in [0.5, 0.6) is 5.75 Å². The quantitative estimate of drug-likeness (QED) is 0.375. The van der Waals surface area contributed by atoms with Crippen molar-refractivity contribution in [2.24, 2.45) is 0 Å². The van der Waals surface area contributed by atoms with Crippen molar-refractivity contribution in [2.75, 3.05) is 17.8 Å². The molecule has 4 rings (SSSR count). The number of alkyl halides is 1. The standard InChI is InChI=1S/C22H19ClF3N5O/c1-12(24)11-32-21-15(7-14(23)8-17(21)26)13-6-16(25)19(28-9-13)10-29-22-30-18-4-2-3-5-20(18)31(22)27/h2-9,12H,10-11,27H2,1H3,(H,29,30). The number of nitrogen functional groups attached to an aromatic ring is 1. The largest absolute Gasteiger partial charge is 0.487 e. The lowest BCUT2D eigenvalue weighted by atomic mass is 10.1. The third kappa shape index (κ3) is 4.43. The number of para-hydroxylation sites is 2. The van der Waals surface area contributed by atoms with Gasteiger partial charge in [-0.2, -0.15) is 0 Å². The number of fused-ring (bicyclic) bond motifs is 1. The monoisotopic (exact) mass is 461 g/mol. The molecule has 2 heterocycles. The zero-order chi connectivity index (χ0) is 22.8. The summed E-state index contributed by atoms with van der Waals surface area (Å²) in [5, 5.41) is 3.05. The number of aromatic nitrogens is 3. The van der Waals surface area contributed by atoms with Gasteiger partial charge < -0.3 is 15.9 Å². The Morgan fingerprint density at radius 1 is 1.19 bits per heavy atom. The van der Waals surface area contributed by atoms with Crippen molar-refractivity contribution >= 4 is 28.6 Å². The molecule has 166 valence electrons. The van der Waals surface area contributed by atoms with Gasteiger partial charge in [0.15, 0.2) is 11.6 Å². The van der Waals surface area contributed by atoms with Crippen LogP contribution in [0.2, 0.25) is 5.02 Å². The van der Waals surface area contributed by atoms with Gasteiger partial charge in [0.05, 0.1) is 23.3 Å². The molecule has 3 N–H and O–H groups in total. The second-order valence-electron chi connectivity index (χ2n) is 7.16. The van der Waals surface area contributed by atoms with Crippen LogP contribution in [0.4, 0.5) is 19.1 Å². The predicted molar refractivity (Wildman–Crippen MR) is 118 cm³/mol. The highest BCUT2D eigenvalue weighted by Crippen LogP contribution is 2.36. The number of nitrogens with two attached hydrogens (primary N) is 1. The summed E-state index contributed by atoms with van der Waals surface area (Å²) in [6.07, 6.45) is 0.0514. The van der Waals surface area contributed by atoms with E-state index in [0.29, 0.717) is 11.5 Å². The molecule has 0 aliphatic heterocycles. The normalized spacial score (nSPS) is 12.2. The second-order valence-corrected chi connectivity index (χ2v) is 7.59. The van der Waals surface area contributed by atoms with E-state index in [2.05, 4.69) is 15.3 Å². The maximum absolute atomic E-state index is 14.8. The Kier molecular flexibility index (Phi) is 6.09. The molecule has 0 radical (unpaired) electrons. The number of halogens is 4. The Hall–Kier alpha value is -3.46. The van der Waals surface area contributed by atoms with Crippen molar-refractivity contribution in [1.29, 1.82) is 0 Å². The molecule has 2 aromatic carbocycles. The van der Waals surface area contributed by atoms with Crippen LogP contribution in [0.1, 0.15) is 12.6 Å². The van der Waals surface area contributed by atoms with Gasteiger partial charge in [-0.1, -0.05) is 23.7 Å². The van der Waals surface area contributed by atoms with Gasteiger partial charge in [-0.05, 0) is 37.3 Å². The third-order valence-electron chi connectivity index (χ3n) is 4.70. The molecular formula is C22H19ClF3N5O. The first-order valence-electron chi connectivity index (χ1n) is 9.70. The van der Waals surface area contributed by atoms with Crippen molar-refractivity contribution in [3.05, 3.63) is 71.0 Å². The fourth-order valence-electron chi connectivity index (χ4n) is 3.20. The number of nitrogens with one attached hydrogen (secondary N) is 1. The first-order chi connectivity index (χ1) is 15.3. The molecule has 0 amide bonds. The number of benzene rings is 2. The molecule has 0 fully saturated rings. The van der Waals surface area contributed by atoms with Gasteiger partial charge in [0.1, 0.15) is 18.6 Å². The van der Waals surface area contributed by atoms with E-state index in [1.807, 2.05) is 24.3 Å². The van der Waals surface area contributed by atoms with Crippen molar-refractivity contribution in [1.82, 2.24) is 14.6 Å². The highest BCUT2D eigenvalue weighted by atomic mass is 35.5. The van der Waals surface area contributed by atoms with E-state index in [1.165, 1.54) is 29.9 Å². The lowest BCUT2D eigenvalue weighted by Gasteiger charge is -2.14. The Morgan fingerprint density at radius 2 is 1.97 bits per heavy atom. The molecule has 1 unspecified atom stereocenters. The molecule has 0 saturated carbocycles. The summed E-state index contributed by atoms with van der Waals surface area (Å²) in [7, 11) is 0. The Bertz CT molecular complexity index is 1280. The molecule has 4 aromatic rings. The van der Waals surface area contributed by atoms with E-state index in [9.17, 15) is 13.2 Å². The van der Waals surface area contributed by atoms with E-state index >= 15 is 0 Å². The van der Waals surface area contributed by atoms with Gasteiger partial charge in [-0.3, -0.25) is 4.98 Å². The number of rotatable bonds is 7. The third-order valence-corrected chi connectivity index (χ3v) is 4.92. The SMILES string of the molecule is CC(F)COc1c(F)cc(Cl)cc1-c1cnc(CNc2nc3ccccc3n2N)c(F)c1. The van der Waals surface area contributed by atoms with E-state index in [-0.39, 0.29) is 40.7 Å². The fourth-order valence-corrected chi connectivity index (χ4v) is 3.40. The molecule has 0 bridgehead atoms. The summed E-state index contributed by atoms with van der Waals surface area (Å²) >= 11 is 5.96. The topological polar surface area (TPSA) is 78.0 Å². The minimum Gasteiger partial charge on any atom is -0.487 e. The smallest absolute Gasteiger partial charge is 0.223 e. The average molecular weight is 462 g/mol. The van der Waals surface area contributed by atoms with E-state index in [1.54, 1.807) is 0 Å². The number of nitrogens with zero attached hydrogens (tertiary/aromatic N) is 3. The molecule has 10 heteroatoms. The van der Waals surface area contributed by atoms with Crippen molar-refractivity contribution in [3.8, 4) is 16.9 Å². The van der Waals surface area contributed by atoms with Crippen LogP contribution in [0.3, 0.4) is 0 Å². The predicted octanol–water partition coefficient (Wildman–Crippen LogP) is 5.09. The average Bonchev–Trinajstić information content (AvgIpc) is 3.07. The lowest BCUT2D eigenvalue weighted by Crippen LogP contribution is -2.15. The first-order valence-corrected chi connectivity index (χ1v) is 10.1. The summed E-state index contributed by atoms with van der Waals surface area (Å²) in [5.74, 6) is 4.74. The van der Waals surface area contributed by atoms with Crippen LogP contribution >= 0.6 is 11.6 Å². The van der Waals surface area contributed by atoms with Crippen LogP contribution < -0.4 is 15.9 Å². The molecule has 0 aliphatic rings. The highest BCUT2D eigenvalue weighted by molar-refractivity contribution is 6.31. The molecular weight excluding hydrogens is 443 g/mol. The molecule has 6 nitrogen and oxygen atoms in total. The molecule has 0 spiro atoms. The fraction of sp³-hybridized carbons (Fsp3) is 0.182. The Balaban J connectivity index is 1.59. The van der Waals surface area contributed by atoms with Gasteiger partial charge in [0.2, 0.25) is 5.95 Å². The maximum Gasteiger partial charge on any atom is 0.223 e. The zero-order valence-electron chi connectivity index (χ0n) is 16.9. The summed E-state index contributed by atoms with van der Waals surface area (Å²) in [6, 6.07) is 10.9. The number of ether oxygens (including phenoxy) is 1. The second kappa shape index (κ2) is 8.96. The number of hydrogen-bond donors (Lipinski definition) is 2. The lowest BCUT2D eigenvalue weighted by molar-refractivity contribution is 0.204. The van der Waals surface area contributed by atoms with Crippen LogP contribution in [0, 0.1) is 11.6 Å². The van der Waals surface area contributed by atoms with Gasteiger partial charge in [0.25, 0.3) is 0 Å². The van der Waals surface area contributed by atoms with Crippen LogP contribution in [0.15, 0.2) is 48.7 Å². The van der Waals surface area contributed by atoms with Crippen LogP contribution in [0.25, 0.3) is 22.2 Å². The van der Waals surface area contributed by atoms with Gasteiger partial charge >= 0.3 is 0 Å². The molecule has 0 saturated heterocycles. The van der Waals surface area contributed by atoms with Gasteiger partial charge in [0, 0.05) is 22.3 Å². The number of anilines is 1. The van der Waals surface area contributed by atoms with E-state index in [0.717, 1.165) is 11.6 Å². The summed E-state index contributed by atoms with van der Waals surface area (Å²) in [4.78, 5) is 8.50. The number of hydrogen-bond acceptors (Lipinski definition) is 5. The minimum atomic E-state index is -1.31. The number of imidazole rings is 1. The van der Waals surface area contributed by atoms with Gasteiger partial charge in [-0.25, -0.2) is 22.8 Å². The van der Waals surface area contributed by atoms with Gasteiger partial charge in [-0.15, -0.1) is 0 Å². The molecule has 1 atom stereocenters. The van der Waals surface area contributed by atoms with Crippen LogP contribution in [-0.4, -0.2) is 27.4 Å². The first kappa shape index (κ1) is 21.8. The zero-order valence-corrected chi connectivity index (χ0v) is 17.7. The summed E-state index contributed by atoms with van der Waals surface area (Å²) in [5.41, 5.74) is 1.92. The van der Waals surface area contributed by atoms with Crippen LogP contribution in [-0.2, 0) is 6.54 Å². The molecule has 2 aromatic heterocycles. The minimum absolute atomic E-state index is 0.0132. The number of pyridine rings is 1. The highest BCUT2D eigenvalue weighted by Gasteiger charge is 2.17. The summed E-state index contributed by atoms with van der Waals surface area (Å²) in [6.45, 7) is 0.939. The Morgan fingerprint density at radius 3 is 2.69 bits per heavy atom. The van der Waals surface area contributed by atoms with E-state index in [4.69, 9.17) is 22.2 Å². The Labute approximate surface area is 186 Å². The summed E-state index contributed by atoms with van der Waals surface area (Å²) < 4.78 is 49.0. The van der Waals surface area contributed by atoms with E-state index < -0.39 is 17.8 Å². The van der Waals surface area contributed by atoms with Crippen molar-refractivity contribution in [2.45, 2.75) is 19.6 Å². The molecule has 0 aliphatic carbocycles. The van der Waals surface area contributed by atoms with Crippen molar-refractivity contribution in [3.63, 3.8) is 0 Å². The van der Waals surface area contributed by atoms with Crippen molar-refractivity contribution < 1.29 is 17.9 Å².